The molecule has 1 heteroatoms. The van der Waals surface area contributed by atoms with Crippen molar-refractivity contribution in [2.75, 3.05) is 12.3 Å². The van der Waals surface area contributed by atoms with Crippen molar-refractivity contribution in [2.45, 2.75) is 40.0 Å². The molecule has 0 amide bonds. The molecule has 0 bridgehead atoms. The van der Waals surface area contributed by atoms with Gasteiger partial charge in [-0.3, -0.25) is 0 Å². The van der Waals surface area contributed by atoms with E-state index in [0.29, 0.717) is 0 Å². The van der Waals surface area contributed by atoms with Crippen molar-refractivity contribution in [2.24, 2.45) is 5.92 Å². The molecule has 0 radical (unpaired) electrons. The molecule has 10 heavy (non-hydrogen) atoms. The van der Waals surface area contributed by atoms with Gasteiger partial charge in [-0.15, -0.1) is 8.58 Å². The summed E-state index contributed by atoms with van der Waals surface area (Å²) in [6.45, 7) is 6.89. The van der Waals surface area contributed by atoms with Crippen LogP contribution in [0.1, 0.15) is 40.0 Å². The normalized spacial score (nSPS) is 12.0. The van der Waals surface area contributed by atoms with Crippen LogP contribution in [-0.4, -0.2) is 12.3 Å². The van der Waals surface area contributed by atoms with E-state index in [9.17, 15) is 0 Å². The van der Waals surface area contributed by atoms with Gasteiger partial charge < -0.3 is 0 Å². The fourth-order valence-electron chi connectivity index (χ4n) is 0.979. The molecule has 0 fully saturated rings. The van der Waals surface area contributed by atoms with Gasteiger partial charge >= 0.3 is 0 Å². The molecule has 0 nitrogen and oxygen atoms in total. The van der Waals surface area contributed by atoms with E-state index in [0.717, 1.165) is 5.92 Å². The molecule has 0 N–H and O–H groups in total. The Morgan fingerprint density at radius 2 is 1.90 bits per heavy atom. The van der Waals surface area contributed by atoms with Crippen molar-refractivity contribution in [3.8, 4) is 0 Å². The Morgan fingerprint density at radius 3 is 2.40 bits per heavy atom. The summed E-state index contributed by atoms with van der Waals surface area (Å²) in [5.41, 5.74) is 0. The second kappa shape index (κ2) is 7.54. The van der Waals surface area contributed by atoms with E-state index in [1.54, 1.807) is 0 Å². The van der Waals surface area contributed by atoms with E-state index in [2.05, 4.69) is 20.8 Å². The van der Waals surface area contributed by atoms with Gasteiger partial charge in [-0.2, -0.15) is 0 Å². The summed E-state index contributed by atoms with van der Waals surface area (Å²) in [5, 5.41) is 0. The molecular formula is C9H21P. The van der Waals surface area contributed by atoms with Crippen LogP contribution >= 0.6 is 8.58 Å². The quantitative estimate of drug-likeness (QED) is 0.412. The molecule has 1 unspecified atom stereocenters. The summed E-state index contributed by atoms with van der Waals surface area (Å²) in [5.74, 6) is 0.907. The highest BCUT2D eigenvalue weighted by Gasteiger charge is 1.92. The lowest BCUT2D eigenvalue weighted by atomic mass is 10.1. The van der Waals surface area contributed by atoms with Gasteiger partial charge in [-0.1, -0.05) is 33.6 Å². The van der Waals surface area contributed by atoms with E-state index in [1.807, 2.05) is 0 Å². The molecule has 0 aliphatic heterocycles. The molecule has 0 rings (SSSR count). The maximum atomic E-state index is 2.31. The Balaban J connectivity index is 2.77. The zero-order valence-corrected chi connectivity index (χ0v) is 8.61. The van der Waals surface area contributed by atoms with Crippen molar-refractivity contribution in [1.29, 1.82) is 0 Å². The van der Waals surface area contributed by atoms with Crippen LogP contribution in [0.4, 0.5) is 0 Å². The van der Waals surface area contributed by atoms with Crippen molar-refractivity contribution in [3.05, 3.63) is 0 Å². The second-order valence-electron chi connectivity index (χ2n) is 3.24. The Hall–Kier alpha value is 0.430. The van der Waals surface area contributed by atoms with Gasteiger partial charge in [0.1, 0.15) is 0 Å². The number of rotatable bonds is 6. The molecule has 0 heterocycles. The Kier molecular flexibility index (Phi) is 7.86. The first-order chi connectivity index (χ1) is 4.77. The standard InChI is InChI=1S/C9H21P/c1-4-10-8-6-5-7-9(2)3/h9-10H,4-8H2,1-3H3. The van der Waals surface area contributed by atoms with Crippen LogP contribution in [0, 0.1) is 5.92 Å². The van der Waals surface area contributed by atoms with E-state index in [-0.39, 0.29) is 0 Å². The molecule has 0 aromatic heterocycles. The van der Waals surface area contributed by atoms with E-state index in [4.69, 9.17) is 0 Å². The van der Waals surface area contributed by atoms with Crippen LogP contribution in [0.15, 0.2) is 0 Å². The topological polar surface area (TPSA) is 0 Å². The summed E-state index contributed by atoms with van der Waals surface area (Å²) >= 11 is 0. The molecule has 0 aliphatic rings. The van der Waals surface area contributed by atoms with Gasteiger partial charge in [0.25, 0.3) is 0 Å². The van der Waals surface area contributed by atoms with Gasteiger partial charge in [-0.25, -0.2) is 0 Å². The van der Waals surface area contributed by atoms with E-state index >= 15 is 0 Å². The summed E-state index contributed by atoms with van der Waals surface area (Å²) in [6, 6.07) is 0. The lowest BCUT2D eigenvalue weighted by Crippen LogP contribution is -1.87. The first kappa shape index (κ1) is 10.4. The lowest BCUT2D eigenvalue weighted by molar-refractivity contribution is 0.551. The third kappa shape index (κ3) is 8.43. The highest BCUT2D eigenvalue weighted by Crippen LogP contribution is 2.14. The van der Waals surface area contributed by atoms with Crippen LogP contribution in [0.3, 0.4) is 0 Å². The molecule has 0 aromatic rings. The zero-order valence-electron chi connectivity index (χ0n) is 7.61. The molecule has 0 spiro atoms. The van der Waals surface area contributed by atoms with Crippen molar-refractivity contribution < 1.29 is 0 Å². The Bertz CT molecular complexity index is 59.7. The maximum Gasteiger partial charge on any atom is -0.0354 e. The first-order valence-electron chi connectivity index (χ1n) is 4.48. The molecular weight excluding hydrogens is 139 g/mol. The minimum atomic E-state index is 0.907. The van der Waals surface area contributed by atoms with Gasteiger partial charge in [0.2, 0.25) is 0 Å². The maximum absolute atomic E-state index is 2.31. The van der Waals surface area contributed by atoms with Crippen LogP contribution in [0.5, 0.6) is 0 Å². The summed E-state index contributed by atoms with van der Waals surface area (Å²) in [7, 11) is 1.22. The first-order valence-corrected chi connectivity index (χ1v) is 5.89. The van der Waals surface area contributed by atoms with Crippen LogP contribution < -0.4 is 0 Å². The minimum absolute atomic E-state index is 0.907. The predicted octanol–water partition coefficient (Wildman–Crippen LogP) is 3.51. The summed E-state index contributed by atoms with van der Waals surface area (Å²) < 4.78 is 0. The van der Waals surface area contributed by atoms with E-state index < -0.39 is 0 Å². The van der Waals surface area contributed by atoms with Gasteiger partial charge in [0.05, 0.1) is 0 Å². The Morgan fingerprint density at radius 1 is 1.20 bits per heavy atom. The highest BCUT2D eigenvalue weighted by atomic mass is 31.1. The SMILES string of the molecule is CCPCCCCC(C)C. The summed E-state index contributed by atoms with van der Waals surface area (Å²) in [6.07, 6.45) is 7.20. The van der Waals surface area contributed by atoms with Crippen LogP contribution in [0.25, 0.3) is 0 Å². The fourth-order valence-corrected chi connectivity index (χ4v) is 1.83. The molecule has 1 atom stereocenters. The third-order valence-corrected chi connectivity index (χ3v) is 2.84. The zero-order chi connectivity index (χ0) is 7.82. The van der Waals surface area contributed by atoms with Gasteiger partial charge in [-0.05, 0) is 24.7 Å². The number of hydrogen-bond donors (Lipinski definition) is 0. The second-order valence-corrected chi connectivity index (χ2v) is 4.95. The van der Waals surface area contributed by atoms with Crippen molar-refractivity contribution in [3.63, 3.8) is 0 Å². The van der Waals surface area contributed by atoms with Crippen molar-refractivity contribution in [1.82, 2.24) is 0 Å². The smallest absolute Gasteiger partial charge is 0.0354 e. The van der Waals surface area contributed by atoms with Gasteiger partial charge in [0.15, 0.2) is 0 Å². The van der Waals surface area contributed by atoms with Crippen LogP contribution in [-0.2, 0) is 0 Å². The monoisotopic (exact) mass is 160 g/mol. The largest absolute Gasteiger partial charge is 0.122 e. The minimum Gasteiger partial charge on any atom is -0.122 e. The number of unbranched alkanes of at least 4 members (excludes halogenated alkanes) is 1. The number of hydrogen-bond acceptors (Lipinski definition) is 0. The highest BCUT2D eigenvalue weighted by molar-refractivity contribution is 7.37. The summed E-state index contributed by atoms with van der Waals surface area (Å²) in [4.78, 5) is 0. The molecule has 0 saturated heterocycles. The van der Waals surface area contributed by atoms with Gasteiger partial charge in [0, 0.05) is 0 Å². The molecule has 0 aromatic carbocycles. The average Bonchev–Trinajstić information content (AvgIpc) is 1.87. The molecule has 62 valence electrons. The third-order valence-electron chi connectivity index (χ3n) is 1.64. The predicted molar refractivity (Wildman–Crippen MR) is 52.4 cm³/mol. The Labute approximate surface area is 67.6 Å². The van der Waals surface area contributed by atoms with Crippen LogP contribution in [0.2, 0.25) is 0 Å². The van der Waals surface area contributed by atoms with E-state index in [1.165, 1.54) is 40.2 Å². The lowest BCUT2D eigenvalue weighted by Gasteiger charge is -2.02. The molecule has 0 saturated carbocycles. The van der Waals surface area contributed by atoms with Crippen molar-refractivity contribution >= 4 is 8.58 Å². The molecule has 0 aliphatic carbocycles. The average molecular weight is 160 g/mol. The fraction of sp³-hybridized carbons (Fsp3) is 1.00.